The van der Waals surface area contributed by atoms with E-state index >= 15 is 0 Å². The summed E-state index contributed by atoms with van der Waals surface area (Å²) in [7, 11) is 3.02. The standard InChI is InChI=1S/C16H16O5/c1-9-6-10(20-2)7-14(21-3)15(9)16-11(8-17)12(18)4-5-13(16)19/h4-8,18-19H,1-3H3. The van der Waals surface area contributed by atoms with E-state index in [1.165, 1.54) is 26.4 Å². The van der Waals surface area contributed by atoms with Crippen LogP contribution in [0.3, 0.4) is 0 Å². The predicted molar refractivity (Wildman–Crippen MR) is 78.4 cm³/mol. The molecule has 0 heterocycles. The quantitative estimate of drug-likeness (QED) is 0.668. The summed E-state index contributed by atoms with van der Waals surface area (Å²) in [6, 6.07) is 6.02. The van der Waals surface area contributed by atoms with Gasteiger partial charge in [-0.25, -0.2) is 0 Å². The number of aldehydes is 1. The van der Waals surface area contributed by atoms with Gasteiger partial charge in [0.15, 0.2) is 6.29 Å². The van der Waals surface area contributed by atoms with Crippen molar-refractivity contribution in [2.45, 2.75) is 6.92 Å². The third-order valence-electron chi connectivity index (χ3n) is 3.30. The van der Waals surface area contributed by atoms with Crippen LogP contribution in [0.15, 0.2) is 24.3 Å². The molecule has 2 aromatic carbocycles. The summed E-state index contributed by atoms with van der Waals surface area (Å²) in [5.41, 5.74) is 1.53. The molecule has 0 fully saturated rings. The largest absolute Gasteiger partial charge is 0.507 e. The molecule has 2 aromatic rings. The molecule has 0 amide bonds. The number of carbonyl (C=O) groups excluding carboxylic acids is 1. The lowest BCUT2D eigenvalue weighted by Crippen LogP contribution is -1.97. The number of phenols is 2. The molecule has 0 unspecified atom stereocenters. The van der Waals surface area contributed by atoms with Crippen LogP contribution in [0.4, 0.5) is 0 Å². The Morgan fingerprint density at radius 1 is 1.00 bits per heavy atom. The van der Waals surface area contributed by atoms with Gasteiger partial charge in [-0.2, -0.15) is 0 Å². The number of hydrogen-bond acceptors (Lipinski definition) is 5. The van der Waals surface area contributed by atoms with Gasteiger partial charge in [-0.3, -0.25) is 4.79 Å². The van der Waals surface area contributed by atoms with Gasteiger partial charge in [-0.05, 0) is 30.7 Å². The fourth-order valence-corrected chi connectivity index (χ4v) is 2.30. The van der Waals surface area contributed by atoms with Crippen LogP contribution in [0.1, 0.15) is 15.9 Å². The topological polar surface area (TPSA) is 76.0 Å². The van der Waals surface area contributed by atoms with Crippen molar-refractivity contribution < 1.29 is 24.5 Å². The molecule has 0 saturated heterocycles. The summed E-state index contributed by atoms with van der Waals surface area (Å²) in [6.07, 6.45) is 0.507. The summed E-state index contributed by atoms with van der Waals surface area (Å²) >= 11 is 0. The molecule has 0 aliphatic carbocycles. The van der Waals surface area contributed by atoms with Crippen molar-refractivity contribution in [3.05, 3.63) is 35.4 Å². The number of benzene rings is 2. The van der Waals surface area contributed by atoms with Gasteiger partial charge in [0, 0.05) is 17.2 Å². The van der Waals surface area contributed by atoms with Gasteiger partial charge in [0.2, 0.25) is 0 Å². The van der Waals surface area contributed by atoms with Crippen LogP contribution in [0.5, 0.6) is 23.0 Å². The molecule has 110 valence electrons. The summed E-state index contributed by atoms with van der Waals surface area (Å²) in [6.45, 7) is 1.80. The predicted octanol–water partition coefficient (Wildman–Crippen LogP) is 2.90. The fraction of sp³-hybridized carbons (Fsp3) is 0.188. The number of carbonyl (C=O) groups is 1. The molecular weight excluding hydrogens is 272 g/mol. The molecule has 21 heavy (non-hydrogen) atoms. The Labute approximate surface area is 122 Å². The van der Waals surface area contributed by atoms with E-state index in [2.05, 4.69) is 0 Å². The molecule has 0 atom stereocenters. The molecule has 0 radical (unpaired) electrons. The number of hydrogen-bond donors (Lipinski definition) is 2. The van der Waals surface area contributed by atoms with E-state index in [4.69, 9.17) is 9.47 Å². The number of rotatable bonds is 4. The molecule has 5 heteroatoms. The zero-order chi connectivity index (χ0) is 15.6. The minimum absolute atomic E-state index is 0.0153. The van der Waals surface area contributed by atoms with Gasteiger partial charge in [0.05, 0.1) is 19.8 Å². The smallest absolute Gasteiger partial charge is 0.154 e. The average Bonchev–Trinajstić information content (AvgIpc) is 2.48. The summed E-state index contributed by atoms with van der Waals surface area (Å²) in [5.74, 6) is 0.729. The van der Waals surface area contributed by atoms with Crippen molar-refractivity contribution in [3.8, 4) is 34.1 Å². The molecule has 0 bridgehead atoms. The highest BCUT2D eigenvalue weighted by Crippen LogP contribution is 2.44. The second-order valence-corrected chi connectivity index (χ2v) is 4.53. The third kappa shape index (κ3) is 2.50. The van der Waals surface area contributed by atoms with Crippen LogP contribution >= 0.6 is 0 Å². The lowest BCUT2D eigenvalue weighted by atomic mass is 9.93. The van der Waals surface area contributed by atoms with Crippen molar-refractivity contribution >= 4 is 6.29 Å². The van der Waals surface area contributed by atoms with E-state index in [0.29, 0.717) is 23.3 Å². The first-order chi connectivity index (χ1) is 10.0. The Kier molecular flexibility index (Phi) is 4.03. The third-order valence-corrected chi connectivity index (χ3v) is 3.30. The number of ether oxygens (including phenoxy) is 2. The molecule has 0 saturated carbocycles. The highest BCUT2D eigenvalue weighted by molar-refractivity contribution is 5.96. The molecule has 2 rings (SSSR count). The van der Waals surface area contributed by atoms with Gasteiger partial charge >= 0.3 is 0 Å². The van der Waals surface area contributed by atoms with Gasteiger partial charge in [0.25, 0.3) is 0 Å². The Hall–Kier alpha value is -2.69. The first-order valence-corrected chi connectivity index (χ1v) is 6.26. The van der Waals surface area contributed by atoms with E-state index in [0.717, 1.165) is 5.56 Å². The van der Waals surface area contributed by atoms with E-state index < -0.39 is 0 Å². The summed E-state index contributed by atoms with van der Waals surface area (Å²) in [4.78, 5) is 11.3. The normalized spacial score (nSPS) is 10.2. The minimum atomic E-state index is -0.199. The Balaban J connectivity index is 2.84. The molecular formula is C16H16O5. The van der Waals surface area contributed by atoms with E-state index in [1.807, 2.05) is 0 Å². The highest BCUT2D eigenvalue weighted by Gasteiger charge is 2.20. The average molecular weight is 288 g/mol. The molecule has 2 N–H and O–H groups in total. The number of methoxy groups -OCH3 is 2. The van der Waals surface area contributed by atoms with Crippen LogP contribution in [0.25, 0.3) is 11.1 Å². The van der Waals surface area contributed by atoms with Crippen LogP contribution in [0.2, 0.25) is 0 Å². The van der Waals surface area contributed by atoms with E-state index in [9.17, 15) is 15.0 Å². The SMILES string of the molecule is COc1cc(C)c(-c2c(O)ccc(O)c2C=O)c(OC)c1. The van der Waals surface area contributed by atoms with Crippen LogP contribution < -0.4 is 9.47 Å². The van der Waals surface area contributed by atoms with Gasteiger partial charge < -0.3 is 19.7 Å². The highest BCUT2D eigenvalue weighted by atomic mass is 16.5. The first kappa shape index (κ1) is 14.7. The van der Waals surface area contributed by atoms with Crippen molar-refractivity contribution in [2.24, 2.45) is 0 Å². The van der Waals surface area contributed by atoms with Crippen LogP contribution in [-0.2, 0) is 0 Å². The second-order valence-electron chi connectivity index (χ2n) is 4.53. The first-order valence-electron chi connectivity index (χ1n) is 6.26. The van der Waals surface area contributed by atoms with Crippen molar-refractivity contribution in [1.82, 2.24) is 0 Å². The zero-order valence-corrected chi connectivity index (χ0v) is 12.0. The van der Waals surface area contributed by atoms with Gasteiger partial charge in [0.1, 0.15) is 23.0 Å². The molecule has 0 aliphatic heterocycles. The summed E-state index contributed by atoms with van der Waals surface area (Å²) < 4.78 is 10.5. The second kappa shape index (κ2) is 5.75. The Morgan fingerprint density at radius 3 is 2.24 bits per heavy atom. The van der Waals surface area contributed by atoms with E-state index in [1.54, 1.807) is 19.1 Å². The number of phenolic OH excluding ortho intramolecular Hbond substituents is 2. The maximum atomic E-state index is 11.3. The Bertz CT molecular complexity index is 692. The number of aromatic hydroxyl groups is 2. The maximum absolute atomic E-state index is 11.3. The van der Waals surface area contributed by atoms with Crippen LogP contribution in [-0.4, -0.2) is 30.7 Å². The zero-order valence-electron chi connectivity index (χ0n) is 12.0. The molecule has 0 spiro atoms. The summed E-state index contributed by atoms with van der Waals surface area (Å²) in [5, 5.41) is 19.9. The van der Waals surface area contributed by atoms with E-state index in [-0.39, 0.29) is 22.6 Å². The lowest BCUT2D eigenvalue weighted by molar-refractivity contribution is 0.112. The minimum Gasteiger partial charge on any atom is -0.507 e. The molecule has 5 nitrogen and oxygen atoms in total. The van der Waals surface area contributed by atoms with Gasteiger partial charge in [-0.1, -0.05) is 0 Å². The van der Waals surface area contributed by atoms with Crippen molar-refractivity contribution in [2.75, 3.05) is 14.2 Å². The fourth-order valence-electron chi connectivity index (χ4n) is 2.30. The van der Waals surface area contributed by atoms with Gasteiger partial charge in [-0.15, -0.1) is 0 Å². The maximum Gasteiger partial charge on any atom is 0.154 e. The monoisotopic (exact) mass is 288 g/mol. The van der Waals surface area contributed by atoms with Crippen molar-refractivity contribution in [1.29, 1.82) is 0 Å². The Morgan fingerprint density at radius 2 is 1.67 bits per heavy atom. The molecule has 0 aliphatic rings. The lowest BCUT2D eigenvalue weighted by Gasteiger charge is -2.17. The van der Waals surface area contributed by atoms with Crippen LogP contribution in [0, 0.1) is 6.92 Å². The molecule has 0 aromatic heterocycles. The van der Waals surface area contributed by atoms with Crippen molar-refractivity contribution in [3.63, 3.8) is 0 Å². The number of aryl methyl sites for hydroxylation is 1.